The van der Waals surface area contributed by atoms with Crippen molar-refractivity contribution in [3.05, 3.63) is 29.8 Å². The minimum absolute atomic E-state index is 0.0312. The van der Waals surface area contributed by atoms with Crippen LogP contribution in [0.3, 0.4) is 0 Å². The average Bonchev–Trinajstić information content (AvgIpc) is 3.64. The van der Waals surface area contributed by atoms with Gasteiger partial charge in [-0.15, -0.1) is 0 Å². The molecule has 3 fully saturated rings. The molecule has 7 heteroatoms. The number of nitrogens with zero attached hydrogens (tertiary/aromatic N) is 2. The maximum atomic E-state index is 13.1. The second-order valence-corrected chi connectivity index (χ2v) is 9.36. The van der Waals surface area contributed by atoms with Gasteiger partial charge in [-0.3, -0.25) is 14.4 Å². The van der Waals surface area contributed by atoms with Gasteiger partial charge in [-0.2, -0.15) is 0 Å². The van der Waals surface area contributed by atoms with Gasteiger partial charge in [0.05, 0.1) is 5.56 Å². The van der Waals surface area contributed by atoms with Crippen molar-refractivity contribution in [2.75, 3.05) is 19.7 Å². The summed E-state index contributed by atoms with van der Waals surface area (Å²) in [7, 11) is 0. The zero-order valence-electron chi connectivity index (χ0n) is 19.1. The summed E-state index contributed by atoms with van der Waals surface area (Å²) in [6.07, 6.45) is 9.25. The van der Waals surface area contributed by atoms with E-state index in [1.807, 2.05) is 21.9 Å². The van der Waals surface area contributed by atoms with Gasteiger partial charge in [-0.05, 0) is 50.7 Å². The highest BCUT2D eigenvalue weighted by Crippen LogP contribution is 2.32. The first-order valence-corrected chi connectivity index (χ1v) is 12.1. The monoisotopic (exact) mass is 441 g/mol. The summed E-state index contributed by atoms with van der Waals surface area (Å²) >= 11 is 0. The van der Waals surface area contributed by atoms with E-state index in [-0.39, 0.29) is 42.5 Å². The lowest BCUT2D eigenvalue weighted by atomic mass is 9.95. The molecule has 1 aliphatic heterocycles. The first-order chi connectivity index (χ1) is 15.5. The van der Waals surface area contributed by atoms with Gasteiger partial charge in [-0.25, -0.2) is 0 Å². The Kier molecular flexibility index (Phi) is 7.33. The van der Waals surface area contributed by atoms with Crippen molar-refractivity contribution < 1.29 is 19.1 Å². The summed E-state index contributed by atoms with van der Waals surface area (Å²) < 4.78 is 5.90. The zero-order valence-corrected chi connectivity index (χ0v) is 19.1. The molecule has 3 aliphatic rings. The van der Waals surface area contributed by atoms with Crippen molar-refractivity contribution in [1.82, 2.24) is 15.1 Å². The molecule has 3 amide bonds. The molecule has 32 heavy (non-hydrogen) atoms. The highest BCUT2D eigenvalue weighted by Gasteiger charge is 2.39. The number of carbonyl (C=O) groups is 3. The molecule has 1 saturated heterocycles. The molecule has 2 saturated carbocycles. The first kappa shape index (κ1) is 22.6. The smallest absolute Gasteiger partial charge is 0.261 e. The summed E-state index contributed by atoms with van der Waals surface area (Å²) in [5.74, 6) is 0.391. The van der Waals surface area contributed by atoms with E-state index < -0.39 is 0 Å². The Morgan fingerprint density at radius 3 is 2.28 bits per heavy atom. The highest BCUT2D eigenvalue weighted by molar-refractivity contribution is 5.97. The summed E-state index contributed by atoms with van der Waals surface area (Å²) in [4.78, 5) is 41.4. The zero-order chi connectivity index (χ0) is 22.5. The van der Waals surface area contributed by atoms with E-state index in [4.69, 9.17) is 4.74 Å². The van der Waals surface area contributed by atoms with Crippen LogP contribution in [0.5, 0.6) is 5.75 Å². The van der Waals surface area contributed by atoms with E-state index in [1.165, 1.54) is 6.42 Å². The molecule has 0 atom stereocenters. The molecule has 1 aromatic rings. The molecule has 0 unspecified atom stereocenters. The molecule has 174 valence electrons. The summed E-state index contributed by atoms with van der Waals surface area (Å²) in [5.41, 5.74) is 0.485. The Balaban J connectivity index is 1.35. The molecular weight excluding hydrogens is 406 g/mol. The van der Waals surface area contributed by atoms with Crippen molar-refractivity contribution in [2.45, 2.75) is 82.8 Å². The Hall–Kier alpha value is -2.57. The van der Waals surface area contributed by atoms with Gasteiger partial charge in [0.1, 0.15) is 5.75 Å². The summed E-state index contributed by atoms with van der Waals surface area (Å²) in [6.45, 7) is 2.92. The lowest BCUT2D eigenvalue weighted by Crippen LogP contribution is -2.50. The number of piperidine rings is 1. The van der Waals surface area contributed by atoms with Gasteiger partial charge in [0.2, 0.25) is 5.91 Å². The number of rotatable bonds is 7. The quantitative estimate of drug-likeness (QED) is 0.705. The van der Waals surface area contributed by atoms with Crippen LogP contribution in [0.1, 0.15) is 75.1 Å². The van der Waals surface area contributed by atoms with Crippen LogP contribution in [0.25, 0.3) is 0 Å². The van der Waals surface area contributed by atoms with Crippen molar-refractivity contribution in [3.8, 4) is 5.75 Å². The first-order valence-electron chi connectivity index (χ1n) is 12.1. The average molecular weight is 442 g/mol. The normalized spacial score (nSPS) is 20.0. The maximum absolute atomic E-state index is 13.1. The molecule has 0 bridgehead atoms. The van der Waals surface area contributed by atoms with Gasteiger partial charge < -0.3 is 19.9 Å². The minimum Gasteiger partial charge on any atom is -0.483 e. The third kappa shape index (κ3) is 5.61. The fourth-order valence-electron chi connectivity index (χ4n) is 5.02. The van der Waals surface area contributed by atoms with Crippen LogP contribution < -0.4 is 10.1 Å². The molecule has 1 aromatic carbocycles. The van der Waals surface area contributed by atoms with Gasteiger partial charge in [0.15, 0.2) is 6.61 Å². The van der Waals surface area contributed by atoms with Gasteiger partial charge >= 0.3 is 0 Å². The van der Waals surface area contributed by atoms with E-state index in [0.717, 1.165) is 51.4 Å². The predicted octanol–water partition coefficient (Wildman–Crippen LogP) is 3.13. The number of hydrogen-bond donors (Lipinski definition) is 1. The number of likely N-dealkylation sites (tertiary alicyclic amines) is 1. The molecule has 7 nitrogen and oxygen atoms in total. The third-order valence-corrected chi connectivity index (χ3v) is 6.95. The number of benzene rings is 1. The number of nitrogens with one attached hydrogen (secondary N) is 1. The standard InChI is InChI=1S/C25H35N3O4/c1-18(29)27-15-13-21(14-16-27)28(20-11-12-20)24(30)17-32-23-10-6-5-9-22(23)25(31)26-19-7-3-2-4-8-19/h5-6,9-10,19-21H,2-4,7-8,11-17H2,1H3,(H,26,31). The molecule has 0 radical (unpaired) electrons. The number of amides is 3. The van der Waals surface area contributed by atoms with Crippen molar-refractivity contribution in [2.24, 2.45) is 0 Å². The molecular formula is C25H35N3O4. The van der Waals surface area contributed by atoms with Crippen LogP contribution in [0, 0.1) is 0 Å². The molecule has 4 rings (SSSR count). The second kappa shape index (κ2) is 10.4. The van der Waals surface area contributed by atoms with Gasteiger partial charge in [0, 0.05) is 38.1 Å². The number of hydrogen-bond acceptors (Lipinski definition) is 4. The summed E-state index contributed by atoms with van der Waals surface area (Å²) in [6, 6.07) is 7.82. The Morgan fingerprint density at radius 2 is 1.62 bits per heavy atom. The highest BCUT2D eigenvalue weighted by atomic mass is 16.5. The van der Waals surface area contributed by atoms with E-state index in [2.05, 4.69) is 5.32 Å². The lowest BCUT2D eigenvalue weighted by molar-refractivity contribution is -0.138. The fourth-order valence-corrected chi connectivity index (χ4v) is 5.02. The maximum Gasteiger partial charge on any atom is 0.261 e. The van der Waals surface area contributed by atoms with Crippen molar-refractivity contribution >= 4 is 17.7 Å². The van der Waals surface area contributed by atoms with Crippen LogP contribution in [0.4, 0.5) is 0 Å². The van der Waals surface area contributed by atoms with Crippen LogP contribution in [-0.4, -0.2) is 65.3 Å². The van der Waals surface area contributed by atoms with Gasteiger partial charge in [0.25, 0.3) is 11.8 Å². The van der Waals surface area contributed by atoms with Crippen LogP contribution in [-0.2, 0) is 9.59 Å². The molecule has 1 N–H and O–H groups in total. The van der Waals surface area contributed by atoms with Crippen molar-refractivity contribution in [3.63, 3.8) is 0 Å². The summed E-state index contributed by atoms with van der Waals surface area (Å²) in [5, 5.41) is 3.13. The van der Waals surface area contributed by atoms with Gasteiger partial charge in [-0.1, -0.05) is 31.4 Å². The van der Waals surface area contributed by atoms with E-state index >= 15 is 0 Å². The molecule has 2 aliphatic carbocycles. The number of ether oxygens (including phenoxy) is 1. The van der Waals surface area contributed by atoms with Crippen molar-refractivity contribution in [1.29, 1.82) is 0 Å². The van der Waals surface area contributed by atoms with E-state index in [9.17, 15) is 14.4 Å². The van der Waals surface area contributed by atoms with Crippen LogP contribution in [0.2, 0.25) is 0 Å². The number of para-hydroxylation sites is 1. The lowest BCUT2D eigenvalue weighted by Gasteiger charge is -2.38. The van der Waals surface area contributed by atoms with Crippen LogP contribution in [0.15, 0.2) is 24.3 Å². The minimum atomic E-state index is -0.129. The predicted molar refractivity (Wildman–Crippen MR) is 121 cm³/mol. The van der Waals surface area contributed by atoms with E-state index in [0.29, 0.717) is 24.4 Å². The molecule has 0 aromatic heterocycles. The second-order valence-electron chi connectivity index (χ2n) is 9.36. The molecule has 1 heterocycles. The Morgan fingerprint density at radius 1 is 0.969 bits per heavy atom. The number of carbonyl (C=O) groups excluding carboxylic acids is 3. The topological polar surface area (TPSA) is 79.0 Å². The van der Waals surface area contributed by atoms with Crippen LogP contribution >= 0.6 is 0 Å². The largest absolute Gasteiger partial charge is 0.483 e. The molecule has 0 spiro atoms. The fraction of sp³-hybridized carbons (Fsp3) is 0.640. The Bertz CT molecular complexity index is 824. The van der Waals surface area contributed by atoms with E-state index in [1.54, 1.807) is 19.1 Å². The Labute approximate surface area is 190 Å². The third-order valence-electron chi connectivity index (χ3n) is 6.95. The SMILES string of the molecule is CC(=O)N1CCC(N(C(=O)COc2ccccc2C(=O)NC2CCCCC2)C2CC2)CC1.